The summed E-state index contributed by atoms with van der Waals surface area (Å²) >= 11 is 0. The number of rotatable bonds is 3. The number of urea groups is 1. The molecule has 2 heterocycles. The molecule has 0 aromatic carbocycles. The third-order valence-electron chi connectivity index (χ3n) is 3.38. The normalized spacial score (nSPS) is 45.5. The Morgan fingerprint density at radius 2 is 2.09 bits per heavy atom. The molecule has 0 aromatic heterocycles. The van der Waals surface area contributed by atoms with Crippen LogP contribution in [0.4, 0.5) is 22.4 Å². The average Bonchev–Trinajstić information content (AvgIpc) is 2.59. The number of nitrogens with one attached hydrogen (secondary N) is 1. The van der Waals surface area contributed by atoms with Gasteiger partial charge in [-0.3, -0.25) is 0 Å². The van der Waals surface area contributed by atoms with E-state index in [1.165, 1.54) is 5.32 Å². The number of carbonyl (C=O) groups excluding carboxylic acids is 1. The van der Waals surface area contributed by atoms with E-state index in [1.54, 1.807) is 0 Å². The Kier molecular flexibility index (Phi) is 3.86. The first-order valence-corrected chi connectivity index (χ1v) is 5.94. The SMILES string of the molecule is NC1(C(F)F)C=CN([C@]2(F)O[C@H](CO)[C@@H](O)[C@]2(O)F)C(=O)N1. The smallest absolute Gasteiger partial charge is 0.360 e. The molecule has 0 aliphatic carbocycles. The number of hydrogen-bond donors (Lipinski definition) is 5. The summed E-state index contributed by atoms with van der Waals surface area (Å²) in [6.07, 6.45) is -6.86. The first-order valence-electron chi connectivity index (χ1n) is 5.94. The predicted molar refractivity (Wildman–Crippen MR) is 60.3 cm³/mol. The van der Waals surface area contributed by atoms with Crippen molar-refractivity contribution in [3.8, 4) is 0 Å². The molecule has 0 bridgehead atoms. The molecule has 0 aromatic rings. The molecular weight excluding hydrogens is 318 g/mol. The van der Waals surface area contributed by atoms with Gasteiger partial charge in [0.1, 0.15) is 12.2 Å². The Morgan fingerprint density at radius 1 is 1.50 bits per heavy atom. The number of nitrogens with zero attached hydrogens (tertiary/aromatic N) is 1. The van der Waals surface area contributed by atoms with Crippen LogP contribution in [0.25, 0.3) is 0 Å². The minimum atomic E-state index is -4.12. The maximum Gasteiger partial charge on any atom is 0.360 e. The molecule has 5 atom stereocenters. The van der Waals surface area contributed by atoms with Gasteiger partial charge in [0.15, 0.2) is 5.66 Å². The highest BCUT2D eigenvalue weighted by Gasteiger charge is 2.72. The van der Waals surface area contributed by atoms with E-state index in [4.69, 9.17) is 10.8 Å². The third-order valence-corrected chi connectivity index (χ3v) is 3.38. The zero-order chi connectivity index (χ0) is 16.9. The van der Waals surface area contributed by atoms with Gasteiger partial charge in [-0.15, -0.1) is 0 Å². The molecule has 0 saturated carbocycles. The molecule has 2 aliphatic rings. The molecule has 1 fully saturated rings. The monoisotopic (exact) mass is 331 g/mol. The first kappa shape index (κ1) is 16.9. The lowest BCUT2D eigenvalue weighted by Gasteiger charge is -2.41. The first-order chi connectivity index (χ1) is 9.99. The van der Waals surface area contributed by atoms with E-state index in [0.717, 1.165) is 0 Å². The number of ether oxygens (including phenoxy) is 1. The molecular formula is C10H13F4N3O5. The van der Waals surface area contributed by atoms with Crippen molar-refractivity contribution in [2.75, 3.05) is 6.61 Å². The van der Waals surface area contributed by atoms with Gasteiger partial charge in [0, 0.05) is 6.20 Å². The number of hydrogen-bond acceptors (Lipinski definition) is 6. The lowest BCUT2D eigenvalue weighted by Crippen LogP contribution is -2.69. The van der Waals surface area contributed by atoms with E-state index in [9.17, 15) is 32.6 Å². The van der Waals surface area contributed by atoms with E-state index in [0.29, 0.717) is 12.3 Å². The van der Waals surface area contributed by atoms with Gasteiger partial charge in [-0.05, 0) is 6.08 Å². The maximum atomic E-state index is 14.6. The second-order valence-electron chi connectivity index (χ2n) is 4.87. The summed E-state index contributed by atoms with van der Waals surface area (Å²) < 4.78 is 58.4. The highest BCUT2D eigenvalue weighted by atomic mass is 19.3. The van der Waals surface area contributed by atoms with Crippen LogP contribution in [0.2, 0.25) is 0 Å². The number of aliphatic hydroxyl groups excluding tert-OH is 2. The van der Waals surface area contributed by atoms with Gasteiger partial charge >= 0.3 is 17.9 Å². The minimum absolute atomic E-state index is 0.223. The molecule has 0 radical (unpaired) electrons. The van der Waals surface area contributed by atoms with E-state index in [1.807, 2.05) is 0 Å². The Balaban J connectivity index is 2.38. The van der Waals surface area contributed by atoms with E-state index in [-0.39, 0.29) is 4.90 Å². The van der Waals surface area contributed by atoms with Crippen LogP contribution in [-0.2, 0) is 4.74 Å². The zero-order valence-corrected chi connectivity index (χ0v) is 10.8. The number of halogens is 4. The molecule has 2 aliphatic heterocycles. The highest BCUT2D eigenvalue weighted by Crippen LogP contribution is 2.45. The van der Waals surface area contributed by atoms with Crippen LogP contribution in [0, 0.1) is 0 Å². The van der Waals surface area contributed by atoms with Crippen molar-refractivity contribution in [1.82, 2.24) is 10.2 Å². The van der Waals surface area contributed by atoms with Crippen LogP contribution in [0.1, 0.15) is 0 Å². The Hall–Kier alpha value is -1.47. The second kappa shape index (κ2) is 5.03. The molecule has 1 unspecified atom stereocenters. The van der Waals surface area contributed by atoms with Crippen molar-refractivity contribution >= 4 is 6.03 Å². The summed E-state index contributed by atoms with van der Waals surface area (Å²) in [6.45, 7) is -1.07. The van der Waals surface area contributed by atoms with Crippen LogP contribution in [-0.4, -0.2) is 69.0 Å². The summed E-state index contributed by atoms with van der Waals surface area (Å²) in [4.78, 5) is 11.5. The minimum Gasteiger partial charge on any atom is -0.394 e. The van der Waals surface area contributed by atoms with Gasteiger partial charge < -0.3 is 31.1 Å². The van der Waals surface area contributed by atoms with Crippen LogP contribution in [0.5, 0.6) is 0 Å². The van der Waals surface area contributed by atoms with E-state index < -0.39 is 48.8 Å². The summed E-state index contributed by atoms with van der Waals surface area (Å²) in [5, 5.41) is 29.2. The fraction of sp³-hybridized carbons (Fsp3) is 0.700. The van der Waals surface area contributed by atoms with E-state index >= 15 is 0 Å². The van der Waals surface area contributed by atoms with Crippen LogP contribution in [0.3, 0.4) is 0 Å². The van der Waals surface area contributed by atoms with E-state index in [2.05, 4.69) is 4.74 Å². The lowest BCUT2D eigenvalue weighted by atomic mass is 10.1. The maximum absolute atomic E-state index is 14.6. The molecule has 0 spiro atoms. The van der Waals surface area contributed by atoms with Gasteiger partial charge in [-0.2, -0.15) is 4.39 Å². The number of nitrogens with two attached hydrogens (primary N) is 1. The molecule has 126 valence electrons. The number of carbonyl (C=O) groups is 1. The molecule has 8 nitrogen and oxygen atoms in total. The fourth-order valence-corrected chi connectivity index (χ4v) is 2.05. The van der Waals surface area contributed by atoms with Gasteiger partial charge in [-0.25, -0.2) is 22.9 Å². The Labute approximate surface area is 120 Å². The second-order valence-corrected chi connectivity index (χ2v) is 4.87. The lowest BCUT2D eigenvalue weighted by molar-refractivity contribution is -0.321. The van der Waals surface area contributed by atoms with Crippen LogP contribution >= 0.6 is 0 Å². The van der Waals surface area contributed by atoms with Gasteiger partial charge in [0.2, 0.25) is 0 Å². The summed E-state index contributed by atoms with van der Waals surface area (Å²) in [6, 6.07) is -1.64. The van der Waals surface area contributed by atoms with Gasteiger partial charge in [0.25, 0.3) is 6.43 Å². The summed E-state index contributed by atoms with van der Waals surface area (Å²) in [5.41, 5.74) is 2.52. The molecule has 2 amide bonds. The van der Waals surface area contributed by atoms with Gasteiger partial charge in [0.05, 0.1) is 6.61 Å². The van der Waals surface area contributed by atoms with Gasteiger partial charge in [-0.1, -0.05) is 0 Å². The standard InChI is InChI=1S/C10H13F4N3O5/c11-6(12)8(15)1-2-17(7(20)16-8)10(14)9(13,21)5(19)4(3-18)22-10/h1-2,4-6,18-19,21H,3,15H2,(H,16,20)/t4-,5-,8?,9-,10+/m1/s1. The molecule has 22 heavy (non-hydrogen) atoms. The predicted octanol–water partition coefficient (Wildman–Crippen LogP) is -1.52. The van der Waals surface area contributed by atoms with Crippen molar-refractivity contribution in [3.63, 3.8) is 0 Å². The molecule has 2 rings (SSSR count). The van der Waals surface area contributed by atoms with Crippen molar-refractivity contribution < 1.29 is 42.4 Å². The van der Waals surface area contributed by atoms with Crippen molar-refractivity contribution in [3.05, 3.63) is 12.3 Å². The highest BCUT2D eigenvalue weighted by molar-refractivity contribution is 5.78. The van der Waals surface area contributed by atoms with Crippen LogP contribution in [0.15, 0.2) is 12.3 Å². The average molecular weight is 331 g/mol. The number of alkyl halides is 4. The van der Waals surface area contributed by atoms with Crippen molar-refractivity contribution in [1.29, 1.82) is 0 Å². The molecule has 6 N–H and O–H groups in total. The Bertz CT molecular complexity index is 507. The number of aliphatic hydroxyl groups is 3. The molecule has 1 saturated heterocycles. The number of amides is 2. The fourth-order valence-electron chi connectivity index (χ4n) is 2.05. The van der Waals surface area contributed by atoms with Crippen LogP contribution < -0.4 is 11.1 Å². The quantitative estimate of drug-likeness (QED) is 0.316. The zero-order valence-electron chi connectivity index (χ0n) is 10.8. The summed E-state index contributed by atoms with van der Waals surface area (Å²) in [5.74, 6) is -8.08. The van der Waals surface area contributed by atoms with Crippen molar-refractivity contribution in [2.24, 2.45) is 5.73 Å². The topological polar surface area (TPSA) is 128 Å². The largest absolute Gasteiger partial charge is 0.394 e. The third kappa shape index (κ3) is 2.14. The Morgan fingerprint density at radius 3 is 2.50 bits per heavy atom. The summed E-state index contributed by atoms with van der Waals surface area (Å²) in [7, 11) is 0. The molecule has 12 heteroatoms. The van der Waals surface area contributed by atoms with Crippen molar-refractivity contribution in [2.45, 2.75) is 36.1 Å².